The topological polar surface area (TPSA) is 49.4 Å². The molecule has 0 unspecified atom stereocenters. The molecule has 0 radical (unpaired) electrons. The van der Waals surface area contributed by atoms with Crippen LogP contribution in [-0.4, -0.2) is 38.5 Å². The highest BCUT2D eigenvalue weighted by molar-refractivity contribution is 7.90. The van der Waals surface area contributed by atoms with E-state index in [2.05, 4.69) is 5.43 Å². The van der Waals surface area contributed by atoms with Crippen molar-refractivity contribution in [3.8, 4) is 0 Å². The van der Waals surface area contributed by atoms with Crippen molar-refractivity contribution in [3.05, 3.63) is 12.3 Å². The van der Waals surface area contributed by atoms with E-state index >= 15 is 0 Å². The zero-order valence-corrected chi connectivity index (χ0v) is 7.26. The number of hydrazine groups is 1. The van der Waals surface area contributed by atoms with E-state index in [1.54, 1.807) is 5.01 Å². The molecule has 5 heteroatoms. The molecule has 0 atom stereocenters. The molecular formula is C6H12N2O2S. The molecule has 1 aliphatic heterocycles. The van der Waals surface area contributed by atoms with Gasteiger partial charge in [0.05, 0.1) is 5.75 Å². The van der Waals surface area contributed by atoms with Crippen molar-refractivity contribution in [1.82, 2.24) is 10.4 Å². The van der Waals surface area contributed by atoms with Crippen LogP contribution < -0.4 is 5.43 Å². The maximum atomic E-state index is 10.7. The molecular weight excluding hydrogens is 164 g/mol. The fourth-order valence-corrected chi connectivity index (χ4v) is 1.35. The minimum Gasteiger partial charge on any atom is -0.315 e. The second kappa shape index (κ2) is 3.23. The van der Waals surface area contributed by atoms with E-state index in [0.29, 0.717) is 6.54 Å². The standard InChI is InChI=1S/C6H12N2O2S/c1-11(9,10)6-5-8-4-2-3-7-8/h2,4,7H,3,5-6H2,1H3. The first-order chi connectivity index (χ1) is 5.08. The molecule has 11 heavy (non-hydrogen) atoms. The van der Waals surface area contributed by atoms with Gasteiger partial charge in [0.2, 0.25) is 0 Å². The minimum atomic E-state index is -2.83. The van der Waals surface area contributed by atoms with Crippen molar-refractivity contribution in [1.29, 1.82) is 0 Å². The molecule has 0 saturated carbocycles. The van der Waals surface area contributed by atoms with E-state index < -0.39 is 9.84 Å². The van der Waals surface area contributed by atoms with Crippen LogP contribution in [-0.2, 0) is 9.84 Å². The summed E-state index contributed by atoms with van der Waals surface area (Å²) >= 11 is 0. The van der Waals surface area contributed by atoms with Crippen LogP contribution in [0.4, 0.5) is 0 Å². The Balaban J connectivity index is 2.28. The summed E-state index contributed by atoms with van der Waals surface area (Å²) in [6, 6.07) is 0. The molecule has 4 nitrogen and oxygen atoms in total. The molecule has 0 fully saturated rings. The molecule has 1 heterocycles. The summed E-state index contributed by atoms with van der Waals surface area (Å²) in [5.74, 6) is 0.199. The van der Waals surface area contributed by atoms with Crippen molar-refractivity contribution >= 4 is 9.84 Å². The van der Waals surface area contributed by atoms with Crippen molar-refractivity contribution in [2.45, 2.75) is 0 Å². The number of nitrogens with zero attached hydrogens (tertiary/aromatic N) is 1. The van der Waals surface area contributed by atoms with Crippen molar-refractivity contribution in [3.63, 3.8) is 0 Å². The molecule has 0 bridgehead atoms. The molecule has 0 aromatic carbocycles. The third-order valence-electron chi connectivity index (χ3n) is 1.40. The van der Waals surface area contributed by atoms with Gasteiger partial charge in [-0.25, -0.2) is 13.8 Å². The first-order valence-corrected chi connectivity index (χ1v) is 5.48. The average molecular weight is 176 g/mol. The van der Waals surface area contributed by atoms with Crippen LogP contribution in [0.1, 0.15) is 0 Å². The molecule has 0 amide bonds. The van der Waals surface area contributed by atoms with Gasteiger partial charge < -0.3 is 5.01 Å². The molecule has 0 aromatic heterocycles. The van der Waals surface area contributed by atoms with Crippen LogP contribution in [0.15, 0.2) is 12.3 Å². The lowest BCUT2D eigenvalue weighted by atomic mass is 10.6. The second-order valence-corrected chi connectivity index (χ2v) is 4.83. The Bertz CT molecular complexity index is 245. The van der Waals surface area contributed by atoms with Gasteiger partial charge in [-0.3, -0.25) is 0 Å². The molecule has 0 aliphatic carbocycles. The number of hydrogen-bond donors (Lipinski definition) is 1. The number of nitrogens with one attached hydrogen (secondary N) is 1. The van der Waals surface area contributed by atoms with Crippen molar-refractivity contribution < 1.29 is 8.42 Å². The Morgan fingerprint density at radius 2 is 2.36 bits per heavy atom. The van der Waals surface area contributed by atoms with Gasteiger partial charge in [0.15, 0.2) is 0 Å². The highest BCUT2D eigenvalue weighted by atomic mass is 32.2. The normalized spacial score (nSPS) is 17.7. The van der Waals surface area contributed by atoms with Crippen LogP contribution in [0.2, 0.25) is 0 Å². The van der Waals surface area contributed by atoms with Crippen LogP contribution in [0.25, 0.3) is 0 Å². The van der Waals surface area contributed by atoms with E-state index in [-0.39, 0.29) is 5.75 Å². The summed E-state index contributed by atoms with van der Waals surface area (Å²) in [5.41, 5.74) is 2.99. The average Bonchev–Trinajstić information content (AvgIpc) is 2.32. The Kier molecular flexibility index (Phi) is 2.51. The third kappa shape index (κ3) is 3.38. The van der Waals surface area contributed by atoms with Gasteiger partial charge >= 0.3 is 0 Å². The summed E-state index contributed by atoms with van der Waals surface area (Å²) in [6.07, 6.45) is 5.04. The SMILES string of the molecule is CS(=O)(=O)CCN1C=CCN1. The van der Waals surface area contributed by atoms with Crippen LogP contribution in [0.3, 0.4) is 0 Å². The second-order valence-electron chi connectivity index (χ2n) is 2.57. The van der Waals surface area contributed by atoms with Crippen LogP contribution in [0, 0.1) is 0 Å². The predicted molar refractivity (Wildman–Crippen MR) is 43.6 cm³/mol. The lowest BCUT2D eigenvalue weighted by molar-refractivity contribution is 0.324. The van der Waals surface area contributed by atoms with Gasteiger partial charge in [0.25, 0.3) is 0 Å². The molecule has 1 N–H and O–H groups in total. The van der Waals surface area contributed by atoms with E-state index in [4.69, 9.17) is 0 Å². The fourth-order valence-electron chi connectivity index (χ4n) is 0.820. The lowest BCUT2D eigenvalue weighted by Crippen LogP contribution is -2.32. The minimum absolute atomic E-state index is 0.199. The zero-order chi connectivity index (χ0) is 8.32. The van der Waals surface area contributed by atoms with Gasteiger partial charge in [-0.2, -0.15) is 0 Å². The Labute approximate surface area is 66.8 Å². The van der Waals surface area contributed by atoms with Gasteiger partial charge in [-0.05, 0) is 0 Å². The smallest absolute Gasteiger partial charge is 0.149 e. The van der Waals surface area contributed by atoms with Crippen molar-refractivity contribution in [2.75, 3.05) is 25.1 Å². The molecule has 1 rings (SSSR count). The first-order valence-electron chi connectivity index (χ1n) is 3.42. The van der Waals surface area contributed by atoms with Crippen molar-refractivity contribution in [2.24, 2.45) is 0 Å². The van der Waals surface area contributed by atoms with E-state index in [1.807, 2.05) is 12.3 Å². The number of rotatable bonds is 3. The Morgan fingerprint density at radius 3 is 2.82 bits per heavy atom. The summed E-state index contributed by atoms with van der Waals surface area (Å²) < 4.78 is 21.4. The Hall–Kier alpha value is -0.550. The number of sulfone groups is 1. The number of hydrogen-bond acceptors (Lipinski definition) is 4. The third-order valence-corrected chi connectivity index (χ3v) is 2.32. The Morgan fingerprint density at radius 1 is 1.64 bits per heavy atom. The summed E-state index contributed by atoms with van der Waals surface area (Å²) in [6.45, 7) is 1.32. The maximum absolute atomic E-state index is 10.7. The summed E-state index contributed by atoms with van der Waals surface area (Å²) in [7, 11) is -2.83. The quantitative estimate of drug-likeness (QED) is 0.621. The first kappa shape index (κ1) is 8.55. The van der Waals surface area contributed by atoms with Gasteiger partial charge in [-0.15, -0.1) is 0 Å². The van der Waals surface area contributed by atoms with Gasteiger partial charge in [-0.1, -0.05) is 6.08 Å². The highest BCUT2D eigenvalue weighted by Crippen LogP contribution is 1.93. The van der Waals surface area contributed by atoms with Gasteiger partial charge in [0.1, 0.15) is 9.84 Å². The molecule has 1 aliphatic rings. The van der Waals surface area contributed by atoms with Crippen LogP contribution >= 0.6 is 0 Å². The van der Waals surface area contributed by atoms with E-state index in [9.17, 15) is 8.42 Å². The monoisotopic (exact) mass is 176 g/mol. The largest absolute Gasteiger partial charge is 0.315 e. The molecule has 64 valence electrons. The summed E-state index contributed by atoms with van der Waals surface area (Å²) in [4.78, 5) is 0. The van der Waals surface area contributed by atoms with Crippen LogP contribution in [0.5, 0.6) is 0 Å². The van der Waals surface area contributed by atoms with E-state index in [0.717, 1.165) is 6.54 Å². The zero-order valence-electron chi connectivity index (χ0n) is 6.45. The predicted octanol–water partition coefficient (Wildman–Crippen LogP) is -0.635. The fraction of sp³-hybridized carbons (Fsp3) is 0.667. The highest BCUT2D eigenvalue weighted by Gasteiger charge is 2.07. The van der Waals surface area contributed by atoms with E-state index in [1.165, 1.54) is 6.26 Å². The lowest BCUT2D eigenvalue weighted by Gasteiger charge is -2.14. The maximum Gasteiger partial charge on any atom is 0.149 e. The van der Waals surface area contributed by atoms with Gasteiger partial charge in [0, 0.05) is 25.5 Å². The molecule has 0 spiro atoms. The summed E-state index contributed by atoms with van der Waals surface area (Å²) in [5, 5.41) is 1.78. The molecule has 0 aromatic rings. The molecule has 0 saturated heterocycles.